The van der Waals surface area contributed by atoms with Gasteiger partial charge in [-0.05, 0) is 91.8 Å². The SMILES string of the molecule is C=C.C=C.CC[C@H]1CCC2[C@@H]3CCC4CCCC[C@]4(C)C3CC[C@@]21C.[HH].[HH]. The van der Waals surface area contributed by atoms with Gasteiger partial charge in [-0.1, -0.05) is 40.0 Å². The van der Waals surface area contributed by atoms with Crippen molar-refractivity contribution in [1.82, 2.24) is 0 Å². The first-order chi connectivity index (χ1) is 12.1. The van der Waals surface area contributed by atoms with Gasteiger partial charge in [0.15, 0.2) is 0 Å². The zero-order valence-corrected chi connectivity index (χ0v) is 17.5. The second-order valence-electron chi connectivity index (χ2n) is 9.63. The molecule has 0 heteroatoms. The number of hydrogen-bond acceptors (Lipinski definition) is 0. The van der Waals surface area contributed by atoms with Crippen molar-refractivity contribution in [3.8, 4) is 0 Å². The first-order valence-electron chi connectivity index (χ1n) is 11.1. The molecular formula is C25H48. The van der Waals surface area contributed by atoms with Crippen molar-refractivity contribution in [3.05, 3.63) is 26.3 Å². The number of fused-ring (bicyclic) bond motifs is 5. The van der Waals surface area contributed by atoms with E-state index in [9.17, 15) is 0 Å². The molecule has 0 heterocycles. The van der Waals surface area contributed by atoms with Gasteiger partial charge in [-0.3, -0.25) is 0 Å². The maximum atomic E-state index is 3.00. The molecule has 0 aliphatic heterocycles. The third kappa shape index (κ3) is 3.28. The summed E-state index contributed by atoms with van der Waals surface area (Å²) in [5.41, 5.74) is 1.45. The molecule has 0 aromatic carbocycles. The summed E-state index contributed by atoms with van der Waals surface area (Å²) in [7, 11) is 0. The van der Waals surface area contributed by atoms with E-state index in [1.807, 2.05) is 0 Å². The highest BCUT2D eigenvalue weighted by Crippen LogP contribution is 2.67. The van der Waals surface area contributed by atoms with Gasteiger partial charge in [0.1, 0.15) is 0 Å². The highest BCUT2D eigenvalue weighted by molar-refractivity contribution is 5.08. The number of rotatable bonds is 1. The second kappa shape index (κ2) is 8.45. The molecule has 4 fully saturated rings. The first kappa shape index (κ1) is 20.8. The lowest BCUT2D eigenvalue weighted by atomic mass is 9.45. The maximum absolute atomic E-state index is 3.00. The molecule has 0 N–H and O–H groups in total. The number of hydrogen-bond donors (Lipinski definition) is 0. The van der Waals surface area contributed by atoms with Crippen LogP contribution in [0, 0.1) is 40.4 Å². The van der Waals surface area contributed by atoms with Crippen LogP contribution >= 0.6 is 0 Å². The van der Waals surface area contributed by atoms with E-state index in [0.717, 1.165) is 35.0 Å². The monoisotopic (exact) mass is 348 g/mol. The minimum absolute atomic E-state index is 0. The van der Waals surface area contributed by atoms with Crippen molar-refractivity contribution in [2.24, 2.45) is 40.4 Å². The molecule has 0 amide bonds. The van der Waals surface area contributed by atoms with Gasteiger partial charge in [0.2, 0.25) is 0 Å². The third-order valence-electron chi connectivity index (χ3n) is 9.27. The molecule has 0 bridgehead atoms. The van der Waals surface area contributed by atoms with E-state index in [-0.39, 0.29) is 2.85 Å². The standard InChI is InChI=1S/C21H36.2C2H4.2H2/c1-4-15-9-11-18-17-10-8-16-7-5-6-13-20(16,2)19(17)12-14-21(15,18)3;2*1-2;;/h15-19H,4-14H2,1-3H3;2*1-2H2;2*1H/t15-,16?,17-,18?,19?,20-,21+;;;;/m0..../s1. The van der Waals surface area contributed by atoms with Crippen molar-refractivity contribution in [1.29, 1.82) is 0 Å². The van der Waals surface area contributed by atoms with Crippen molar-refractivity contribution in [2.75, 3.05) is 0 Å². The smallest absolute Gasteiger partial charge is 0 e. The molecule has 7 atom stereocenters. The van der Waals surface area contributed by atoms with Crippen LogP contribution in [-0.2, 0) is 0 Å². The Kier molecular flexibility index (Phi) is 7.02. The molecule has 4 saturated carbocycles. The lowest BCUT2D eigenvalue weighted by molar-refractivity contribution is -0.110. The van der Waals surface area contributed by atoms with Crippen LogP contribution in [0.25, 0.3) is 0 Å². The zero-order chi connectivity index (χ0) is 18.7. The van der Waals surface area contributed by atoms with Gasteiger partial charge >= 0.3 is 0 Å². The molecule has 0 aromatic heterocycles. The molecule has 0 radical (unpaired) electrons. The van der Waals surface area contributed by atoms with Crippen molar-refractivity contribution in [2.45, 2.75) is 91.4 Å². The summed E-state index contributed by atoms with van der Waals surface area (Å²) >= 11 is 0. The second-order valence-corrected chi connectivity index (χ2v) is 9.63. The Morgan fingerprint density at radius 1 is 0.760 bits per heavy atom. The first-order valence-corrected chi connectivity index (χ1v) is 11.1. The fourth-order valence-electron chi connectivity index (χ4n) is 8.07. The van der Waals surface area contributed by atoms with Crippen LogP contribution in [0.5, 0.6) is 0 Å². The topological polar surface area (TPSA) is 0 Å². The molecule has 0 saturated heterocycles. The Bertz CT molecular complexity index is 434. The van der Waals surface area contributed by atoms with Crippen LogP contribution in [0.3, 0.4) is 0 Å². The molecule has 0 nitrogen and oxygen atoms in total. The van der Waals surface area contributed by atoms with Crippen LogP contribution in [0.15, 0.2) is 26.3 Å². The van der Waals surface area contributed by atoms with Gasteiger partial charge in [0.25, 0.3) is 0 Å². The highest BCUT2D eigenvalue weighted by Gasteiger charge is 2.59. The fourth-order valence-corrected chi connectivity index (χ4v) is 8.07. The summed E-state index contributed by atoms with van der Waals surface area (Å²) in [5.74, 6) is 5.39. The average molecular weight is 349 g/mol. The summed E-state index contributed by atoms with van der Waals surface area (Å²) in [6, 6.07) is 0. The van der Waals surface area contributed by atoms with Gasteiger partial charge in [0.05, 0.1) is 0 Å². The third-order valence-corrected chi connectivity index (χ3v) is 9.27. The van der Waals surface area contributed by atoms with Gasteiger partial charge < -0.3 is 0 Å². The summed E-state index contributed by atoms with van der Waals surface area (Å²) in [6.45, 7) is 19.8. The minimum atomic E-state index is 0. The predicted molar refractivity (Wildman–Crippen MR) is 117 cm³/mol. The predicted octanol–water partition coefficient (Wildman–Crippen LogP) is 8.54. The van der Waals surface area contributed by atoms with Crippen LogP contribution in [0.4, 0.5) is 0 Å². The van der Waals surface area contributed by atoms with E-state index >= 15 is 0 Å². The quantitative estimate of drug-likeness (QED) is 0.416. The molecule has 0 aromatic rings. The minimum Gasteiger partial charge on any atom is -0.106 e. The normalized spacial score (nSPS) is 47.7. The molecule has 0 spiro atoms. The van der Waals surface area contributed by atoms with Gasteiger partial charge in [-0.15, -0.1) is 26.3 Å². The Morgan fingerprint density at radius 3 is 2.12 bits per heavy atom. The Hall–Kier alpha value is -0.520. The van der Waals surface area contributed by atoms with E-state index in [2.05, 4.69) is 47.1 Å². The summed E-state index contributed by atoms with van der Waals surface area (Å²) in [6.07, 6.45) is 17.0. The van der Waals surface area contributed by atoms with Crippen LogP contribution in [-0.4, -0.2) is 0 Å². The maximum Gasteiger partial charge on any atom is 0 e. The summed E-state index contributed by atoms with van der Waals surface area (Å²) < 4.78 is 0. The largest absolute Gasteiger partial charge is 0.106 e. The van der Waals surface area contributed by atoms with E-state index in [1.165, 1.54) is 19.3 Å². The van der Waals surface area contributed by atoms with E-state index in [0.29, 0.717) is 5.41 Å². The Balaban J connectivity index is 0.00000106. The molecular weight excluding hydrogens is 300 g/mol. The van der Waals surface area contributed by atoms with Gasteiger partial charge in [-0.25, -0.2) is 0 Å². The average Bonchev–Trinajstić information content (AvgIpc) is 3.01. The van der Waals surface area contributed by atoms with Crippen molar-refractivity contribution >= 4 is 0 Å². The Labute approximate surface area is 161 Å². The van der Waals surface area contributed by atoms with E-state index < -0.39 is 0 Å². The fraction of sp³-hybridized carbons (Fsp3) is 0.840. The lowest BCUT2D eigenvalue weighted by Gasteiger charge is -2.60. The van der Waals surface area contributed by atoms with E-state index in [1.54, 1.807) is 51.4 Å². The molecule has 4 rings (SSSR count). The van der Waals surface area contributed by atoms with Crippen molar-refractivity contribution in [3.63, 3.8) is 0 Å². The molecule has 148 valence electrons. The molecule has 4 aliphatic carbocycles. The molecule has 3 unspecified atom stereocenters. The summed E-state index contributed by atoms with van der Waals surface area (Å²) in [5, 5.41) is 0. The van der Waals surface area contributed by atoms with Crippen LogP contribution in [0.2, 0.25) is 0 Å². The van der Waals surface area contributed by atoms with Crippen molar-refractivity contribution < 1.29 is 2.85 Å². The van der Waals surface area contributed by atoms with E-state index in [4.69, 9.17) is 0 Å². The van der Waals surface area contributed by atoms with Gasteiger partial charge in [-0.2, -0.15) is 0 Å². The van der Waals surface area contributed by atoms with Gasteiger partial charge in [0, 0.05) is 2.85 Å². The molecule has 25 heavy (non-hydrogen) atoms. The molecule has 4 aliphatic rings. The lowest BCUT2D eigenvalue weighted by Crippen LogP contribution is -2.52. The van der Waals surface area contributed by atoms with Crippen LogP contribution in [0.1, 0.15) is 94.3 Å². The summed E-state index contributed by atoms with van der Waals surface area (Å²) in [4.78, 5) is 0. The zero-order valence-electron chi connectivity index (χ0n) is 17.5. The van der Waals surface area contributed by atoms with Crippen LogP contribution < -0.4 is 0 Å². The highest BCUT2D eigenvalue weighted by atomic mass is 14.6. The Morgan fingerprint density at radius 2 is 1.44 bits per heavy atom.